The molecule has 0 saturated carbocycles. The van der Waals surface area contributed by atoms with Gasteiger partial charge >= 0.3 is 23.5 Å². The molecule has 0 bridgehead atoms. The predicted octanol–water partition coefficient (Wildman–Crippen LogP) is 4.62. The van der Waals surface area contributed by atoms with Crippen LogP contribution in [0.15, 0.2) is 88.5 Å². The number of fused-ring (bicyclic) bond motifs is 1. The van der Waals surface area contributed by atoms with Crippen LogP contribution in [-0.2, 0) is 18.4 Å². The van der Waals surface area contributed by atoms with E-state index < -0.39 is 12.1 Å². The van der Waals surface area contributed by atoms with Gasteiger partial charge in [-0.05, 0) is 30.5 Å². The second-order valence-electron chi connectivity index (χ2n) is 10.4. The van der Waals surface area contributed by atoms with Crippen LogP contribution in [0.1, 0.15) is 24.4 Å². The number of piperidine rings is 1. The summed E-state index contributed by atoms with van der Waals surface area (Å²) in [6.45, 7) is 2.69. The van der Waals surface area contributed by atoms with Gasteiger partial charge in [0.2, 0.25) is 0 Å². The van der Waals surface area contributed by atoms with Crippen LogP contribution in [0.4, 0.5) is 13.2 Å². The molecular weight excluding hydrogens is 577 g/mol. The van der Waals surface area contributed by atoms with Crippen LogP contribution in [0.2, 0.25) is 0 Å². The molecule has 1 saturated heterocycles. The summed E-state index contributed by atoms with van der Waals surface area (Å²) in [5.41, 5.74) is 5.73. The molecule has 1 aliphatic heterocycles. The van der Waals surface area contributed by atoms with E-state index >= 15 is 0 Å². The van der Waals surface area contributed by atoms with E-state index in [1.165, 1.54) is 10.2 Å². The Morgan fingerprint density at radius 2 is 1.50 bits per heavy atom. The number of aromatic nitrogens is 5. The Bertz CT molecular complexity index is 1870. The van der Waals surface area contributed by atoms with Crippen LogP contribution in [0.25, 0.3) is 33.5 Å². The van der Waals surface area contributed by atoms with Gasteiger partial charge in [-0.3, -0.25) is 9.47 Å². The van der Waals surface area contributed by atoms with E-state index in [0.29, 0.717) is 11.4 Å². The minimum Gasteiger partial charge on any atom is -0.475 e. The molecule has 0 unspecified atom stereocenters. The van der Waals surface area contributed by atoms with Crippen molar-refractivity contribution in [3.8, 4) is 22.5 Å². The number of hydrogen-bond acceptors (Lipinski definition) is 6. The monoisotopic (exact) mass is 606 g/mol. The molecular formula is C31H29F3N6O4. The molecule has 2 aromatic heterocycles. The zero-order valence-corrected chi connectivity index (χ0v) is 23.7. The summed E-state index contributed by atoms with van der Waals surface area (Å²) in [6, 6.07) is 26.1. The van der Waals surface area contributed by atoms with Crippen LogP contribution in [-0.4, -0.2) is 59.6 Å². The third-order valence-corrected chi connectivity index (χ3v) is 7.43. The van der Waals surface area contributed by atoms with Crippen molar-refractivity contribution in [2.45, 2.75) is 31.6 Å². The maximum absolute atomic E-state index is 12.6. The number of aromatic amines is 1. The van der Waals surface area contributed by atoms with Gasteiger partial charge in [0, 0.05) is 43.9 Å². The fourth-order valence-corrected chi connectivity index (χ4v) is 5.25. The first kappa shape index (κ1) is 30.4. The number of alkyl halides is 3. The van der Waals surface area contributed by atoms with E-state index in [-0.39, 0.29) is 17.4 Å². The molecule has 10 nitrogen and oxygen atoms in total. The third-order valence-electron chi connectivity index (χ3n) is 7.43. The number of likely N-dealkylation sites (tertiary alicyclic amines) is 1. The lowest BCUT2D eigenvalue weighted by molar-refractivity contribution is -0.192. The highest BCUT2D eigenvalue weighted by molar-refractivity contribution is 5.77. The van der Waals surface area contributed by atoms with E-state index in [9.17, 15) is 22.8 Å². The second-order valence-corrected chi connectivity index (χ2v) is 10.4. The highest BCUT2D eigenvalue weighted by Gasteiger charge is 2.38. The molecule has 0 amide bonds. The Morgan fingerprint density at radius 3 is 2.14 bits per heavy atom. The van der Waals surface area contributed by atoms with Crippen molar-refractivity contribution in [2.24, 2.45) is 7.05 Å². The number of nitrogens with zero attached hydrogens (tertiary/aromatic N) is 5. The molecule has 13 heteroatoms. The number of carbonyl (C=O) groups is 1. The Hall–Kier alpha value is -5.04. The molecule has 0 spiro atoms. The molecule has 1 aliphatic rings. The molecule has 228 valence electrons. The number of nitrogens with one attached hydrogen (secondary N) is 1. The summed E-state index contributed by atoms with van der Waals surface area (Å²) in [5, 5.41) is 11.6. The molecule has 44 heavy (non-hydrogen) atoms. The number of para-hydroxylation sites is 2. The van der Waals surface area contributed by atoms with Crippen molar-refractivity contribution < 1.29 is 23.1 Å². The lowest BCUT2D eigenvalue weighted by atomic mass is 10.0. The number of halogens is 3. The van der Waals surface area contributed by atoms with Crippen molar-refractivity contribution >= 4 is 17.0 Å². The smallest absolute Gasteiger partial charge is 0.475 e. The Labute approximate surface area is 249 Å². The summed E-state index contributed by atoms with van der Waals surface area (Å²) in [7, 11) is 1.62. The van der Waals surface area contributed by atoms with E-state index in [2.05, 4.69) is 32.1 Å². The number of benzene rings is 3. The minimum atomic E-state index is -5.08. The van der Waals surface area contributed by atoms with Crippen LogP contribution in [0, 0.1) is 0 Å². The summed E-state index contributed by atoms with van der Waals surface area (Å²) in [4.78, 5) is 43.5. The normalized spacial score (nSPS) is 14.3. The summed E-state index contributed by atoms with van der Waals surface area (Å²) in [6.07, 6.45) is -3.22. The highest BCUT2D eigenvalue weighted by Crippen LogP contribution is 2.29. The third kappa shape index (κ3) is 6.78. The number of aliphatic carboxylic acids is 1. The quantitative estimate of drug-likeness (QED) is 0.299. The lowest BCUT2D eigenvalue weighted by Crippen LogP contribution is -2.36. The zero-order valence-electron chi connectivity index (χ0n) is 23.7. The standard InChI is InChI=1S/C29H28N6O2.C2HF3O2/c1-33-28(36)31-26(27(32-33)21-7-3-2-4-8-21)22-13-11-20(12-14-22)19-34-17-15-23(16-18-34)35-25-10-6-5-9-24(25)30-29(35)37;3-2(4,5)1(6)7/h2-14,23H,15-19H2,1H3,(H,30,37);(H,6,7). The topological polar surface area (TPSA) is 126 Å². The average molecular weight is 607 g/mol. The molecule has 6 rings (SSSR count). The van der Waals surface area contributed by atoms with Gasteiger partial charge in [-0.15, -0.1) is 0 Å². The van der Waals surface area contributed by atoms with Gasteiger partial charge in [0.25, 0.3) is 0 Å². The molecule has 5 aromatic rings. The van der Waals surface area contributed by atoms with E-state index in [1.54, 1.807) is 7.05 Å². The molecule has 0 atom stereocenters. The number of rotatable bonds is 5. The van der Waals surface area contributed by atoms with Gasteiger partial charge in [-0.1, -0.05) is 66.7 Å². The first-order valence-electron chi connectivity index (χ1n) is 13.8. The van der Waals surface area contributed by atoms with E-state index in [0.717, 1.165) is 54.6 Å². The number of aryl methyl sites for hydroxylation is 1. The van der Waals surface area contributed by atoms with Crippen LogP contribution < -0.4 is 11.4 Å². The first-order chi connectivity index (χ1) is 21.0. The van der Waals surface area contributed by atoms with Crippen LogP contribution in [0.3, 0.4) is 0 Å². The van der Waals surface area contributed by atoms with Crippen molar-refractivity contribution in [1.29, 1.82) is 0 Å². The summed E-state index contributed by atoms with van der Waals surface area (Å²) >= 11 is 0. The van der Waals surface area contributed by atoms with E-state index in [1.807, 2.05) is 71.3 Å². The van der Waals surface area contributed by atoms with Crippen molar-refractivity contribution in [3.05, 3.63) is 105 Å². The van der Waals surface area contributed by atoms with Crippen LogP contribution >= 0.6 is 0 Å². The predicted molar refractivity (Wildman–Crippen MR) is 158 cm³/mol. The second kappa shape index (κ2) is 12.7. The molecule has 2 N–H and O–H groups in total. The van der Waals surface area contributed by atoms with E-state index in [4.69, 9.17) is 9.90 Å². The maximum atomic E-state index is 12.6. The largest absolute Gasteiger partial charge is 0.490 e. The number of carboxylic acids is 1. The maximum Gasteiger partial charge on any atom is 0.490 e. The van der Waals surface area contributed by atoms with Gasteiger partial charge in [0.05, 0.1) is 11.0 Å². The number of imidazole rings is 1. The van der Waals surface area contributed by atoms with Crippen molar-refractivity contribution in [3.63, 3.8) is 0 Å². The van der Waals surface area contributed by atoms with Gasteiger partial charge in [-0.2, -0.15) is 23.3 Å². The zero-order chi connectivity index (χ0) is 31.4. The Morgan fingerprint density at radius 1 is 0.909 bits per heavy atom. The first-order valence-corrected chi connectivity index (χ1v) is 13.8. The van der Waals surface area contributed by atoms with Crippen molar-refractivity contribution in [2.75, 3.05) is 13.1 Å². The molecule has 0 aliphatic carbocycles. The fourth-order valence-electron chi connectivity index (χ4n) is 5.25. The van der Waals surface area contributed by atoms with Gasteiger partial charge in [0.1, 0.15) is 11.4 Å². The number of hydrogen-bond donors (Lipinski definition) is 2. The number of carboxylic acid groups (broad SMARTS) is 1. The van der Waals surface area contributed by atoms with Gasteiger partial charge < -0.3 is 10.1 Å². The SMILES string of the molecule is Cn1nc(-c2ccccc2)c(-c2ccc(CN3CCC(n4c(=O)[nH]c5ccccc54)CC3)cc2)nc1=O.O=C(O)C(F)(F)F. The molecule has 0 radical (unpaired) electrons. The van der Waals surface area contributed by atoms with Gasteiger partial charge in [0.15, 0.2) is 0 Å². The highest BCUT2D eigenvalue weighted by atomic mass is 19.4. The molecule has 1 fully saturated rings. The Balaban J connectivity index is 0.000000493. The fraction of sp³-hybridized carbons (Fsp3) is 0.258. The summed E-state index contributed by atoms with van der Waals surface area (Å²) < 4.78 is 34.9. The molecule has 3 heterocycles. The molecule has 3 aromatic carbocycles. The lowest BCUT2D eigenvalue weighted by Gasteiger charge is -2.32. The number of H-pyrrole nitrogens is 1. The minimum absolute atomic E-state index is 0.0241. The van der Waals surface area contributed by atoms with Crippen LogP contribution in [0.5, 0.6) is 0 Å². The average Bonchev–Trinajstić information content (AvgIpc) is 3.35. The van der Waals surface area contributed by atoms with Crippen molar-refractivity contribution in [1.82, 2.24) is 29.2 Å². The Kier molecular flexibility index (Phi) is 8.76. The summed E-state index contributed by atoms with van der Waals surface area (Å²) in [5.74, 6) is -2.76. The van der Waals surface area contributed by atoms with Gasteiger partial charge in [-0.25, -0.2) is 19.1 Å².